The lowest BCUT2D eigenvalue weighted by atomic mass is 10.1. The van der Waals surface area contributed by atoms with Crippen LogP contribution in [0.25, 0.3) is 0 Å². The first-order chi connectivity index (χ1) is 15.5. The number of carbonyl (C=O) groups excluding carboxylic acids is 2. The molecule has 0 aliphatic carbocycles. The standard InChI is InChI=1S/C23H29N3O6/c1-29-18-8-6-16(12-20(18)31-3)14-25-10-5-11-26(23(28)24-22(25)27)15-17-7-9-19(30-2)21(13-17)32-4/h6-9,12-13H,5,10-11,14-15H2,1-4H3,(H,24,27,28). The van der Waals surface area contributed by atoms with Crippen LogP contribution in [0, 0.1) is 0 Å². The lowest BCUT2D eigenvalue weighted by molar-refractivity contribution is 0.161. The number of methoxy groups -OCH3 is 4. The van der Waals surface area contributed by atoms with Gasteiger partial charge in [-0.3, -0.25) is 5.32 Å². The highest BCUT2D eigenvalue weighted by Crippen LogP contribution is 2.29. The molecule has 0 bridgehead atoms. The number of imide groups is 1. The van der Waals surface area contributed by atoms with Crippen LogP contribution in [0.2, 0.25) is 0 Å². The van der Waals surface area contributed by atoms with Gasteiger partial charge in [-0.2, -0.15) is 0 Å². The van der Waals surface area contributed by atoms with Gasteiger partial charge < -0.3 is 28.7 Å². The summed E-state index contributed by atoms with van der Waals surface area (Å²) in [5.41, 5.74) is 1.76. The molecule has 0 unspecified atom stereocenters. The molecule has 172 valence electrons. The molecule has 2 aromatic rings. The van der Waals surface area contributed by atoms with Crippen molar-refractivity contribution < 1.29 is 28.5 Å². The van der Waals surface area contributed by atoms with Crippen molar-refractivity contribution in [2.45, 2.75) is 19.5 Å². The summed E-state index contributed by atoms with van der Waals surface area (Å²) in [6.07, 6.45) is 0.653. The van der Waals surface area contributed by atoms with Gasteiger partial charge in [0.2, 0.25) is 0 Å². The third-order valence-corrected chi connectivity index (χ3v) is 5.29. The van der Waals surface area contributed by atoms with E-state index in [-0.39, 0.29) is 0 Å². The summed E-state index contributed by atoms with van der Waals surface area (Å²) in [7, 11) is 6.28. The van der Waals surface area contributed by atoms with Gasteiger partial charge in [0.15, 0.2) is 23.0 Å². The second-order valence-electron chi connectivity index (χ2n) is 7.31. The van der Waals surface area contributed by atoms with Crippen molar-refractivity contribution in [2.75, 3.05) is 41.5 Å². The molecule has 1 heterocycles. The molecule has 2 aromatic carbocycles. The largest absolute Gasteiger partial charge is 0.493 e. The Morgan fingerprint density at radius 3 is 1.47 bits per heavy atom. The van der Waals surface area contributed by atoms with E-state index in [1.54, 1.807) is 50.4 Å². The first-order valence-electron chi connectivity index (χ1n) is 10.3. The Bertz CT molecular complexity index is 889. The molecular weight excluding hydrogens is 414 g/mol. The van der Waals surface area contributed by atoms with Gasteiger partial charge in [-0.1, -0.05) is 12.1 Å². The number of nitrogens with zero attached hydrogens (tertiary/aromatic N) is 2. The predicted molar refractivity (Wildman–Crippen MR) is 118 cm³/mol. The zero-order valence-corrected chi connectivity index (χ0v) is 18.8. The fourth-order valence-corrected chi connectivity index (χ4v) is 3.61. The summed E-state index contributed by atoms with van der Waals surface area (Å²) in [5, 5.41) is 2.49. The number of ether oxygens (including phenoxy) is 4. The zero-order valence-electron chi connectivity index (χ0n) is 18.8. The quantitative estimate of drug-likeness (QED) is 0.674. The zero-order chi connectivity index (χ0) is 23.1. The first kappa shape index (κ1) is 23.1. The van der Waals surface area contributed by atoms with E-state index in [2.05, 4.69) is 5.32 Å². The van der Waals surface area contributed by atoms with Crippen LogP contribution in [0.4, 0.5) is 9.59 Å². The minimum absolute atomic E-state index is 0.356. The van der Waals surface area contributed by atoms with E-state index in [0.29, 0.717) is 55.6 Å². The van der Waals surface area contributed by atoms with E-state index in [1.807, 2.05) is 24.3 Å². The van der Waals surface area contributed by atoms with Gasteiger partial charge in [-0.05, 0) is 41.8 Å². The summed E-state index contributed by atoms with van der Waals surface area (Å²) in [6, 6.07) is 10.1. The van der Waals surface area contributed by atoms with E-state index < -0.39 is 12.1 Å². The van der Waals surface area contributed by atoms with E-state index >= 15 is 0 Å². The molecule has 1 saturated heterocycles. The summed E-state index contributed by atoms with van der Waals surface area (Å²) >= 11 is 0. The Kier molecular flexibility index (Phi) is 7.64. The second kappa shape index (κ2) is 10.6. The molecule has 0 atom stereocenters. The smallest absolute Gasteiger partial charge is 0.325 e. The molecule has 32 heavy (non-hydrogen) atoms. The van der Waals surface area contributed by atoms with Crippen molar-refractivity contribution in [1.29, 1.82) is 0 Å². The van der Waals surface area contributed by atoms with Gasteiger partial charge >= 0.3 is 12.1 Å². The average molecular weight is 444 g/mol. The maximum Gasteiger partial charge on any atom is 0.325 e. The lowest BCUT2D eigenvalue weighted by Crippen LogP contribution is -2.51. The maximum atomic E-state index is 12.7. The van der Waals surface area contributed by atoms with Gasteiger partial charge in [-0.25, -0.2) is 9.59 Å². The fourth-order valence-electron chi connectivity index (χ4n) is 3.61. The third kappa shape index (κ3) is 5.35. The molecule has 1 aliphatic rings. The van der Waals surface area contributed by atoms with Crippen molar-refractivity contribution in [3.8, 4) is 23.0 Å². The Morgan fingerprint density at radius 2 is 1.09 bits per heavy atom. The van der Waals surface area contributed by atoms with Crippen LogP contribution in [0.5, 0.6) is 23.0 Å². The van der Waals surface area contributed by atoms with Gasteiger partial charge in [-0.15, -0.1) is 0 Å². The topological polar surface area (TPSA) is 89.6 Å². The van der Waals surface area contributed by atoms with Crippen LogP contribution >= 0.6 is 0 Å². The molecule has 0 aromatic heterocycles. The SMILES string of the molecule is COc1ccc(CN2CCCN(Cc3ccc(OC)c(OC)c3)C(=O)NC2=O)cc1OC. The summed E-state index contributed by atoms with van der Waals surface area (Å²) in [5.74, 6) is 2.42. The number of amides is 4. The Labute approximate surface area is 187 Å². The Morgan fingerprint density at radius 1 is 0.688 bits per heavy atom. The number of urea groups is 2. The molecular formula is C23H29N3O6. The molecule has 0 saturated carbocycles. The number of nitrogens with one attached hydrogen (secondary N) is 1. The minimum Gasteiger partial charge on any atom is -0.493 e. The molecule has 0 spiro atoms. The van der Waals surface area contributed by atoms with Crippen LogP contribution < -0.4 is 24.3 Å². The summed E-state index contributed by atoms with van der Waals surface area (Å²) in [6.45, 7) is 1.73. The highest BCUT2D eigenvalue weighted by atomic mass is 16.5. The van der Waals surface area contributed by atoms with E-state index in [4.69, 9.17) is 18.9 Å². The molecule has 9 heteroatoms. The van der Waals surface area contributed by atoms with Crippen LogP contribution in [0.3, 0.4) is 0 Å². The molecule has 0 radical (unpaired) electrons. The summed E-state index contributed by atoms with van der Waals surface area (Å²) < 4.78 is 21.2. The molecule has 1 N–H and O–H groups in total. The lowest BCUT2D eigenvalue weighted by Gasteiger charge is -2.30. The monoisotopic (exact) mass is 443 g/mol. The number of hydrogen-bond donors (Lipinski definition) is 1. The van der Waals surface area contributed by atoms with E-state index in [1.165, 1.54) is 0 Å². The molecule has 9 nitrogen and oxygen atoms in total. The second-order valence-corrected chi connectivity index (χ2v) is 7.31. The van der Waals surface area contributed by atoms with Gasteiger partial charge in [0.25, 0.3) is 0 Å². The third-order valence-electron chi connectivity index (χ3n) is 5.29. The molecule has 1 aliphatic heterocycles. The van der Waals surface area contributed by atoms with Crippen molar-refractivity contribution in [3.05, 3.63) is 47.5 Å². The Hall–Kier alpha value is -3.62. The number of benzene rings is 2. The Balaban J connectivity index is 1.66. The summed E-state index contributed by atoms with van der Waals surface area (Å²) in [4.78, 5) is 28.7. The van der Waals surface area contributed by atoms with Crippen LogP contribution in [0.15, 0.2) is 36.4 Å². The van der Waals surface area contributed by atoms with Crippen LogP contribution in [-0.4, -0.2) is 63.4 Å². The molecule has 4 amide bonds. The van der Waals surface area contributed by atoms with Crippen molar-refractivity contribution in [2.24, 2.45) is 0 Å². The highest BCUT2D eigenvalue weighted by Gasteiger charge is 2.24. The maximum absolute atomic E-state index is 12.7. The first-order valence-corrected chi connectivity index (χ1v) is 10.3. The number of carbonyl (C=O) groups is 2. The van der Waals surface area contributed by atoms with Crippen molar-refractivity contribution >= 4 is 12.1 Å². The number of rotatable bonds is 8. The van der Waals surface area contributed by atoms with Gasteiger partial charge in [0.1, 0.15) is 0 Å². The van der Waals surface area contributed by atoms with Crippen molar-refractivity contribution in [3.63, 3.8) is 0 Å². The van der Waals surface area contributed by atoms with Crippen LogP contribution in [0.1, 0.15) is 17.5 Å². The predicted octanol–water partition coefficient (Wildman–Crippen LogP) is 3.26. The minimum atomic E-state index is -0.429. The van der Waals surface area contributed by atoms with Crippen LogP contribution in [-0.2, 0) is 13.1 Å². The van der Waals surface area contributed by atoms with E-state index in [9.17, 15) is 9.59 Å². The normalized spacial score (nSPS) is 14.4. The highest BCUT2D eigenvalue weighted by molar-refractivity contribution is 5.93. The van der Waals surface area contributed by atoms with Crippen molar-refractivity contribution in [1.82, 2.24) is 15.1 Å². The van der Waals surface area contributed by atoms with Gasteiger partial charge in [0.05, 0.1) is 28.4 Å². The van der Waals surface area contributed by atoms with E-state index in [0.717, 1.165) is 11.1 Å². The molecule has 3 rings (SSSR count). The average Bonchev–Trinajstić information content (AvgIpc) is 2.81. The van der Waals surface area contributed by atoms with Gasteiger partial charge in [0, 0.05) is 26.2 Å². The number of hydrogen-bond acceptors (Lipinski definition) is 6. The molecule has 1 fully saturated rings. The fraction of sp³-hybridized carbons (Fsp3) is 0.391.